The smallest absolute Gasteiger partial charge is 0.256 e. The van der Waals surface area contributed by atoms with Crippen LogP contribution in [0.15, 0.2) is 46.9 Å². The summed E-state index contributed by atoms with van der Waals surface area (Å²) < 4.78 is 0.967. The number of imide groups is 1. The molecule has 1 aliphatic rings. The SMILES string of the molecule is Cc1cccc(C)c1N1C(=O)CC(Nc2ccc(Br)cc2)C1=O. The first-order valence-electron chi connectivity index (χ1n) is 7.42. The Kier molecular flexibility index (Phi) is 4.22. The summed E-state index contributed by atoms with van der Waals surface area (Å²) in [6.45, 7) is 3.83. The number of aryl methyl sites for hydroxylation is 2. The number of nitrogens with zero attached hydrogens (tertiary/aromatic N) is 1. The second-order valence-corrected chi connectivity index (χ2v) is 6.63. The zero-order chi connectivity index (χ0) is 16.6. The first-order chi connectivity index (χ1) is 11.0. The van der Waals surface area contributed by atoms with Crippen LogP contribution in [0.3, 0.4) is 0 Å². The van der Waals surface area contributed by atoms with Crippen LogP contribution in [0.1, 0.15) is 17.5 Å². The summed E-state index contributed by atoms with van der Waals surface area (Å²) in [4.78, 5) is 26.4. The summed E-state index contributed by atoms with van der Waals surface area (Å²) >= 11 is 3.38. The predicted molar refractivity (Wildman–Crippen MR) is 94.6 cm³/mol. The second kappa shape index (κ2) is 6.16. The van der Waals surface area contributed by atoms with E-state index in [1.54, 1.807) is 0 Å². The fourth-order valence-corrected chi connectivity index (χ4v) is 3.15. The average Bonchev–Trinajstić information content (AvgIpc) is 2.77. The lowest BCUT2D eigenvalue weighted by molar-refractivity contribution is -0.121. The van der Waals surface area contributed by atoms with Crippen LogP contribution in [0.5, 0.6) is 0 Å². The highest BCUT2D eigenvalue weighted by Gasteiger charge is 2.40. The molecule has 1 atom stereocenters. The van der Waals surface area contributed by atoms with Gasteiger partial charge in [0.2, 0.25) is 5.91 Å². The number of anilines is 2. The van der Waals surface area contributed by atoms with Crippen LogP contribution in [0.25, 0.3) is 0 Å². The number of hydrogen-bond acceptors (Lipinski definition) is 3. The molecule has 0 radical (unpaired) electrons. The van der Waals surface area contributed by atoms with E-state index in [9.17, 15) is 9.59 Å². The van der Waals surface area contributed by atoms with E-state index in [1.807, 2.05) is 56.3 Å². The van der Waals surface area contributed by atoms with Gasteiger partial charge in [0, 0.05) is 10.2 Å². The van der Waals surface area contributed by atoms with Gasteiger partial charge in [0.15, 0.2) is 0 Å². The molecule has 0 spiro atoms. The fraction of sp³-hybridized carbons (Fsp3) is 0.222. The lowest BCUT2D eigenvalue weighted by Crippen LogP contribution is -2.35. The van der Waals surface area contributed by atoms with Crippen molar-refractivity contribution in [3.05, 3.63) is 58.1 Å². The van der Waals surface area contributed by atoms with Gasteiger partial charge in [-0.1, -0.05) is 34.1 Å². The summed E-state index contributed by atoms with van der Waals surface area (Å²) in [5.74, 6) is -0.364. The number of carbonyl (C=O) groups is 2. The largest absolute Gasteiger partial charge is 0.373 e. The number of rotatable bonds is 3. The quantitative estimate of drug-likeness (QED) is 0.833. The van der Waals surface area contributed by atoms with Crippen molar-refractivity contribution in [1.82, 2.24) is 0 Å². The molecule has 1 unspecified atom stereocenters. The molecular formula is C18H17BrN2O2. The molecule has 1 N–H and O–H groups in total. The normalized spacial score (nSPS) is 17.7. The number of benzene rings is 2. The molecule has 118 valence electrons. The number of halogens is 1. The van der Waals surface area contributed by atoms with Gasteiger partial charge in [-0.15, -0.1) is 0 Å². The Labute approximate surface area is 143 Å². The molecule has 1 saturated heterocycles. The van der Waals surface area contributed by atoms with Crippen LogP contribution >= 0.6 is 15.9 Å². The minimum atomic E-state index is -0.525. The molecule has 2 aromatic carbocycles. The van der Waals surface area contributed by atoms with Crippen LogP contribution in [0.4, 0.5) is 11.4 Å². The van der Waals surface area contributed by atoms with Gasteiger partial charge in [-0.2, -0.15) is 0 Å². The van der Waals surface area contributed by atoms with E-state index in [0.29, 0.717) is 5.69 Å². The van der Waals surface area contributed by atoms with E-state index in [1.165, 1.54) is 4.90 Å². The zero-order valence-corrected chi connectivity index (χ0v) is 14.6. The van der Waals surface area contributed by atoms with Crippen molar-refractivity contribution in [3.63, 3.8) is 0 Å². The van der Waals surface area contributed by atoms with Crippen molar-refractivity contribution in [2.24, 2.45) is 0 Å². The van der Waals surface area contributed by atoms with Crippen molar-refractivity contribution < 1.29 is 9.59 Å². The minimum absolute atomic E-state index is 0.165. The van der Waals surface area contributed by atoms with Gasteiger partial charge in [0.05, 0.1) is 12.1 Å². The third-order valence-electron chi connectivity index (χ3n) is 3.99. The van der Waals surface area contributed by atoms with Crippen molar-refractivity contribution in [3.8, 4) is 0 Å². The maximum absolute atomic E-state index is 12.7. The summed E-state index contributed by atoms with van der Waals surface area (Å²) in [7, 11) is 0. The molecule has 2 amide bonds. The number of carbonyl (C=O) groups excluding carboxylic acids is 2. The topological polar surface area (TPSA) is 49.4 Å². The molecule has 0 bridgehead atoms. The standard InChI is InChI=1S/C18H17BrN2O2/c1-11-4-3-5-12(2)17(11)21-16(22)10-15(18(21)23)20-14-8-6-13(19)7-9-14/h3-9,15,20H,10H2,1-2H3. The Bertz CT molecular complexity index is 751. The monoisotopic (exact) mass is 372 g/mol. The minimum Gasteiger partial charge on any atom is -0.373 e. The lowest BCUT2D eigenvalue weighted by Gasteiger charge is -2.20. The van der Waals surface area contributed by atoms with E-state index >= 15 is 0 Å². The van der Waals surface area contributed by atoms with E-state index in [0.717, 1.165) is 21.3 Å². The maximum Gasteiger partial charge on any atom is 0.256 e. The van der Waals surface area contributed by atoms with Crippen molar-refractivity contribution in [2.45, 2.75) is 26.3 Å². The third kappa shape index (κ3) is 3.01. The van der Waals surface area contributed by atoms with E-state index in [-0.39, 0.29) is 18.2 Å². The molecule has 0 saturated carbocycles. The number of hydrogen-bond donors (Lipinski definition) is 1. The molecule has 4 nitrogen and oxygen atoms in total. The molecule has 1 fully saturated rings. The Morgan fingerprint density at radius 3 is 2.26 bits per heavy atom. The first kappa shape index (κ1) is 15.7. The van der Waals surface area contributed by atoms with E-state index in [2.05, 4.69) is 21.2 Å². The molecule has 0 aliphatic carbocycles. The highest BCUT2D eigenvalue weighted by molar-refractivity contribution is 9.10. The van der Waals surface area contributed by atoms with E-state index in [4.69, 9.17) is 0 Å². The van der Waals surface area contributed by atoms with Crippen molar-refractivity contribution >= 4 is 39.1 Å². The van der Waals surface area contributed by atoms with Crippen molar-refractivity contribution in [1.29, 1.82) is 0 Å². The molecule has 1 aliphatic heterocycles. The molecule has 1 heterocycles. The highest BCUT2D eigenvalue weighted by atomic mass is 79.9. The van der Waals surface area contributed by atoms with Gasteiger partial charge >= 0.3 is 0 Å². The van der Waals surface area contributed by atoms with Crippen molar-refractivity contribution in [2.75, 3.05) is 10.2 Å². The Hall–Kier alpha value is -2.14. The Morgan fingerprint density at radius 1 is 1.04 bits per heavy atom. The predicted octanol–water partition coefficient (Wildman–Crippen LogP) is 3.81. The van der Waals surface area contributed by atoms with Crippen LogP contribution in [-0.4, -0.2) is 17.9 Å². The third-order valence-corrected chi connectivity index (χ3v) is 4.52. The van der Waals surface area contributed by atoms with E-state index < -0.39 is 6.04 Å². The van der Waals surface area contributed by atoms with Gasteiger partial charge in [0.1, 0.15) is 6.04 Å². The molecular weight excluding hydrogens is 356 g/mol. The van der Waals surface area contributed by atoms with Gasteiger partial charge in [-0.3, -0.25) is 9.59 Å². The number of amides is 2. The number of para-hydroxylation sites is 1. The lowest BCUT2D eigenvalue weighted by atomic mass is 10.1. The Morgan fingerprint density at radius 2 is 1.65 bits per heavy atom. The second-order valence-electron chi connectivity index (χ2n) is 5.72. The summed E-state index contributed by atoms with van der Waals surface area (Å²) in [5, 5.41) is 3.15. The molecule has 5 heteroatoms. The van der Waals surface area contributed by atoms with Gasteiger partial charge in [-0.25, -0.2) is 4.90 Å². The molecule has 3 rings (SSSR count). The molecule has 0 aromatic heterocycles. The fourth-order valence-electron chi connectivity index (χ4n) is 2.89. The van der Waals surface area contributed by atoms with Crippen LogP contribution < -0.4 is 10.2 Å². The Balaban J connectivity index is 1.87. The van der Waals surface area contributed by atoms with Crippen LogP contribution in [0, 0.1) is 13.8 Å². The summed E-state index contributed by atoms with van der Waals surface area (Å²) in [6, 6.07) is 12.8. The summed E-state index contributed by atoms with van der Waals surface area (Å²) in [5.41, 5.74) is 3.39. The molecule has 23 heavy (non-hydrogen) atoms. The summed E-state index contributed by atoms with van der Waals surface area (Å²) in [6.07, 6.45) is 0.169. The van der Waals surface area contributed by atoms with Gasteiger partial charge in [0.25, 0.3) is 5.91 Å². The number of nitrogens with one attached hydrogen (secondary N) is 1. The average molecular weight is 373 g/mol. The van der Waals surface area contributed by atoms with Gasteiger partial charge in [-0.05, 0) is 49.2 Å². The maximum atomic E-state index is 12.7. The first-order valence-corrected chi connectivity index (χ1v) is 8.22. The molecule has 2 aromatic rings. The van der Waals surface area contributed by atoms with Crippen LogP contribution in [-0.2, 0) is 9.59 Å². The van der Waals surface area contributed by atoms with Crippen LogP contribution in [0.2, 0.25) is 0 Å². The highest BCUT2D eigenvalue weighted by Crippen LogP contribution is 2.30. The van der Waals surface area contributed by atoms with Gasteiger partial charge < -0.3 is 5.32 Å². The zero-order valence-electron chi connectivity index (χ0n) is 13.0.